The first-order chi connectivity index (χ1) is 16.3. The van der Waals surface area contributed by atoms with Gasteiger partial charge in [0.25, 0.3) is 5.91 Å². The number of nitrogens with one attached hydrogen (secondary N) is 2. The van der Waals surface area contributed by atoms with E-state index in [1.807, 2.05) is 24.3 Å². The van der Waals surface area contributed by atoms with Crippen molar-refractivity contribution in [2.45, 2.75) is 57.4 Å². The predicted octanol–water partition coefficient (Wildman–Crippen LogP) is 5.14. The SMILES string of the molecule is CCCNC1CCc2ccccc2C1CCCCNC(=O)c1ccc(-c2ncccn2)cc1. The molecule has 4 rings (SSSR count). The number of carbonyl (C=O) groups excluding carboxylic acids is 1. The highest BCUT2D eigenvalue weighted by Gasteiger charge is 2.28. The number of rotatable bonds is 10. The summed E-state index contributed by atoms with van der Waals surface area (Å²) in [5.74, 6) is 1.20. The molecule has 3 aromatic rings. The number of hydrogen-bond donors (Lipinski definition) is 2. The van der Waals surface area contributed by atoms with Crippen LogP contribution < -0.4 is 10.6 Å². The molecule has 0 saturated carbocycles. The lowest BCUT2D eigenvalue weighted by Crippen LogP contribution is -2.39. The second kappa shape index (κ2) is 11.7. The number of benzene rings is 2. The van der Waals surface area contributed by atoms with Crippen molar-refractivity contribution in [2.24, 2.45) is 0 Å². The molecule has 1 aliphatic rings. The van der Waals surface area contributed by atoms with Crippen molar-refractivity contribution in [3.63, 3.8) is 0 Å². The average molecular weight is 443 g/mol. The van der Waals surface area contributed by atoms with Crippen LogP contribution in [0.15, 0.2) is 67.0 Å². The van der Waals surface area contributed by atoms with E-state index in [2.05, 4.69) is 51.8 Å². The molecule has 2 atom stereocenters. The lowest BCUT2D eigenvalue weighted by molar-refractivity contribution is 0.0953. The summed E-state index contributed by atoms with van der Waals surface area (Å²) in [6.07, 6.45) is 10.2. The molecular formula is C28H34N4O. The van der Waals surface area contributed by atoms with Gasteiger partial charge in [-0.1, -0.05) is 49.7 Å². The van der Waals surface area contributed by atoms with Crippen molar-refractivity contribution < 1.29 is 4.79 Å². The largest absolute Gasteiger partial charge is 0.352 e. The number of carbonyl (C=O) groups is 1. The quantitative estimate of drug-likeness (QED) is 0.427. The van der Waals surface area contributed by atoms with Crippen molar-refractivity contribution >= 4 is 5.91 Å². The summed E-state index contributed by atoms with van der Waals surface area (Å²) in [6, 6.07) is 18.7. The van der Waals surface area contributed by atoms with Crippen molar-refractivity contribution in [1.29, 1.82) is 0 Å². The summed E-state index contributed by atoms with van der Waals surface area (Å²) in [5.41, 5.74) is 4.60. The van der Waals surface area contributed by atoms with Gasteiger partial charge in [0.2, 0.25) is 0 Å². The van der Waals surface area contributed by atoms with E-state index in [0.29, 0.717) is 29.9 Å². The highest BCUT2D eigenvalue weighted by atomic mass is 16.1. The fraction of sp³-hybridized carbons (Fsp3) is 0.393. The molecule has 172 valence electrons. The van der Waals surface area contributed by atoms with Crippen molar-refractivity contribution in [2.75, 3.05) is 13.1 Å². The van der Waals surface area contributed by atoms with Gasteiger partial charge < -0.3 is 10.6 Å². The van der Waals surface area contributed by atoms with Crippen LogP contribution in [-0.4, -0.2) is 35.0 Å². The van der Waals surface area contributed by atoms with Crippen molar-refractivity contribution in [3.05, 3.63) is 83.7 Å². The third-order valence-corrected chi connectivity index (χ3v) is 6.52. The van der Waals surface area contributed by atoms with Gasteiger partial charge in [-0.2, -0.15) is 0 Å². The maximum absolute atomic E-state index is 12.5. The summed E-state index contributed by atoms with van der Waals surface area (Å²) in [4.78, 5) is 21.0. The standard InChI is InChI=1S/C28H34N4O/c1-2-17-29-26-16-15-21-8-3-4-9-24(21)25(26)10-5-6-18-32-28(33)23-13-11-22(12-14-23)27-30-19-7-20-31-27/h3-4,7-9,11-14,19-20,25-26,29H,2,5-6,10,15-18H2,1H3,(H,32,33). The number of aryl methyl sites for hydroxylation is 1. The molecule has 2 aromatic carbocycles. The van der Waals surface area contributed by atoms with E-state index in [0.717, 1.165) is 37.8 Å². The Bertz CT molecular complexity index is 1020. The van der Waals surface area contributed by atoms with E-state index in [4.69, 9.17) is 0 Å². The molecule has 1 heterocycles. The number of fused-ring (bicyclic) bond motifs is 1. The highest BCUT2D eigenvalue weighted by Crippen LogP contribution is 2.35. The summed E-state index contributed by atoms with van der Waals surface area (Å²) in [5, 5.41) is 6.86. The summed E-state index contributed by atoms with van der Waals surface area (Å²) in [6.45, 7) is 4.00. The first-order valence-electron chi connectivity index (χ1n) is 12.2. The minimum atomic E-state index is -0.0268. The zero-order valence-electron chi connectivity index (χ0n) is 19.5. The third kappa shape index (κ3) is 6.05. The minimum Gasteiger partial charge on any atom is -0.352 e. The van der Waals surface area contributed by atoms with Gasteiger partial charge in [0.1, 0.15) is 0 Å². The Morgan fingerprint density at radius 3 is 2.55 bits per heavy atom. The molecular weight excluding hydrogens is 408 g/mol. The van der Waals surface area contributed by atoms with Crippen molar-refractivity contribution in [1.82, 2.24) is 20.6 Å². The van der Waals surface area contributed by atoms with Crippen LogP contribution >= 0.6 is 0 Å². The molecule has 5 nitrogen and oxygen atoms in total. The number of nitrogens with zero attached hydrogens (tertiary/aromatic N) is 2. The molecule has 2 N–H and O–H groups in total. The molecule has 5 heteroatoms. The topological polar surface area (TPSA) is 66.9 Å². The zero-order chi connectivity index (χ0) is 22.9. The van der Waals surface area contributed by atoms with E-state index < -0.39 is 0 Å². The normalized spacial score (nSPS) is 17.4. The Balaban J connectivity index is 1.26. The van der Waals surface area contributed by atoms with Gasteiger partial charge in [-0.3, -0.25) is 4.79 Å². The molecule has 33 heavy (non-hydrogen) atoms. The number of unbranched alkanes of at least 4 members (excludes halogenated alkanes) is 1. The Kier molecular flexibility index (Phi) is 8.20. The van der Waals surface area contributed by atoms with Crippen LogP contribution in [0.5, 0.6) is 0 Å². The Labute approximate surface area is 197 Å². The van der Waals surface area contributed by atoms with Gasteiger partial charge in [0.05, 0.1) is 0 Å². The molecule has 1 aliphatic carbocycles. The fourth-order valence-electron chi connectivity index (χ4n) is 4.80. The number of aromatic nitrogens is 2. The smallest absolute Gasteiger partial charge is 0.251 e. The van der Waals surface area contributed by atoms with E-state index in [9.17, 15) is 4.79 Å². The molecule has 0 radical (unpaired) electrons. The van der Waals surface area contributed by atoms with Crippen LogP contribution in [0.3, 0.4) is 0 Å². The molecule has 0 bridgehead atoms. The second-order valence-electron chi connectivity index (χ2n) is 8.81. The minimum absolute atomic E-state index is 0.0268. The Hall–Kier alpha value is -3.05. The summed E-state index contributed by atoms with van der Waals surface area (Å²) >= 11 is 0. The molecule has 0 saturated heterocycles. The first kappa shape index (κ1) is 23.1. The van der Waals surface area contributed by atoms with Crippen LogP contribution in [0, 0.1) is 0 Å². The van der Waals surface area contributed by atoms with Gasteiger partial charge in [-0.25, -0.2) is 9.97 Å². The number of amides is 1. The lowest BCUT2D eigenvalue weighted by atomic mass is 9.76. The van der Waals surface area contributed by atoms with Gasteiger partial charge in [0, 0.05) is 36.1 Å². The molecule has 0 aliphatic heterocycles. The number of hydrogen-bond acceptors (Lipinski definition) is 4. The fourth-order valence-corrected chi connectivity index (χ4v) is 4.80. The molecule has 1 amide bonds. The highest BCUT2D eigenvalue weighted by molar-refractivity contribution is 5.94. The van der Waals surface area contributed by atoms with E-state index in [1.165, 1.54) is 24.0 Å². The van der Waals surface area contributed by atoms with Crippen LogP contribution in [0.1, 0.15) is 66.4 Å². The van der Waals surface area contributed by atoms with Gasteiger partial charge >= 0.3 is 0 Å². The van der Waals surface area contributed by atoms with Crippen LogP contribution in [-0.2, 0) is 6.42 Å². The van der Waals surface area contributed by atoms with Gasteiger partial charge in [-0.05, 0) is 73.9 Å². The van der Waals surface area contributed by atoms with Gasteiger partial charge in [0.15, 0.2) is 5.82 Å². The van der Waals surface area contributed by atoms with E-state index in [1.54, 1.807) is 18.5 Å². The van der Waals surface area contributed by atoms with Gasteiger partial charge in [-0.15, -0.1) is 0 Å². The molecule has 2 unspecified atom stereocenters. The van der Waals surface area contributed by atoms with Crippen molar-refractivity contribution in [3.8, 4) is 11.4 Å². The Morgan fingerprint density at radius 2 is 1.76 bits per heavy atom. The maximum Gasteiger partial charge on any atom is 0.251 e. The molecule has 0 spiro atoms. The van der Waals surface area contributed by atoms with E-state index in [-0.39, 0.29) is 5.91 Å². The zero-order valence-corrected chi connectivity index (χ0v) is 19.5. The Morgan fingerprint density at radius 1 is 0.970 bits per heavy atom. The van der Waals surface area contributed by atoms with Crippen LogP contribution in [0.25, 0.3) is 11.4 Å². The van der Waals surface area contributed by atoms with Crippen LogP contribution in [0.4, 0.5) is 0 Å². The third-order valence-electron chi connectivity index (χ3n) is 6.52. The molecule has 0 fully saturated rings. The maximum atomic E-state index is 12.5. The monoisotopic (exact) mass is 442 g/mol. The second-order valence-corrected chi connectivity index (χ2v) is 8.81. The summed E-state index contributed by atoms with van der Waals surface area (Å²) in [7, 11) is 0. The van der Waals surface area contributed by atoms with Crippen LogP contribution in [0.2, 0.25) is 0 Å². The lowest BCUT2D eigenvalue weighted by Gasteiger charge is -2.34. The summed E-state index contributed by atoms with van der Waals surface area (Å²) < 4.78 is 0. The molecule has 1 aromatic heterocycles. The predicted molar refractivity (Wildman–Crippen MR) is 133 cm³/mol. The average Bonchev–Trinajstić information content (AvgIpc) is 2.88. The first-order valence-corrected chi connectivity index (χ1v) is 12.2. The van der Waals surface area contributed by atoms with E-state index >= 15 is 0 Å².